The van der Waals surface area contributed by atoms with E-state index in [0.717, 1.165) is 5.56 Å². The van der Waals surface area contributed by atoms with E-state index in [1.54, 1.807) is 32.4 Å². The van der Waals surface area contributed by atoms with Crippen LogP contribution in [0.2, 0.25) is 0 Å². The van der Waals surface area contributed by atoms with Gasteiger partial charge in [0.2, 0.25) is 0 Å². The van der Waals surface area contributed by atoms with Gasteiger partial charge in [-0.15, -0.1) is 10.2 Å². The van der Waals surface area contributed by atoms with E-state index in [-0.39, 0.29) is 17.3 Å². The number of nitro groups is 1. The summed E-state index contributed by atoms with van der Waals surface area (Å²) in [6.45, 7) is 2.57. The second-order valence-electron chi connectivity index (χ2n) is 6.55. The summed E-state index contributed by atoms with van der Waals surface area (Å²) < 4.78 is 12.5. The van der Waals surface area contributed by atoms with E-state index in [1.807, 2.05) is 23.6 Å². The summed E-state index contributed by atoms with van der Waals surface area (Å²) in [5.74, 6) is 1.61. The number of non-ortho nitro benzene ring substituents is 1. The van der Waals surface area contributed by atoms with Gasteiger partial charge in [-0.1, -0.05) is 11.8 Å². The van der Waals surface area contributed by atoms with Gasteiger partial charge in [0, 0.05) is 24.2 Å². The normalized spacial score (nSPS) is 10.9. The van der Waals surface area contributed by atoms with Gasteiger partial charge in [0.1, 0.15) is 0 Å². The highest BCUT2D eigenvalue weighted by Crippen LogP contribution is 2.32. The lowest BCUT2D eigenvalue weighted by molar-refractivity contribution is -0.384. The molecular formula is C21H22N6O5S. The molecule has 1 aromatic heterocycles. The molecule has 0 aliphatic carbocycles. The summed E-state index contributed by atoms with van der Waals surface area (Å²) in [4.78, 5) is 22.4. The molecular weight excluding hydrogens is 448 g/mol. The highest BCUT2D eigenvalue weighted by molar-refractivity contribution is 7.99. The van der Waals surface area contributed by atoms with Crippen molar-refractivity contribution < 1.29 is 19.2 Å². The van der Waals surface area contributed by atoms with Crippen LogP contribution in [0.25, 0.3) is 11.4 Å². The molecule has 0 aliphatic heterocycles. The number of amides is 1. The zero-order chi connectivity index (χ0) is 23.8. The molecule has 0 spiro atoms. The molecule has 1 amide bonds. The fraction of sp³-hybridized carbons (Fsp3) is 0.238. The number of aromatic nitrogens is 3. The Bertz CT molecular complexity index is 1160. The van der Waals surface area contributed by atoms with Gasteiger partial charge in [-0.2, -0.15) is 5.10 Å². The van der Waals surface area contributed by atoms with Crippen LogP contribution in [-0.4, -0.2) is 51.8 Å². The van der Waals surface area contributed by atoms with Crippen LogP contribution in [0.1, 0.15) is 12.5 Å². The van der Waals surface area contributed by atoms with Crippen molar-refractivity contribution in [2.75, 3.05) is 20.0 Å². The molecule has 0 saturated heterocycles. The average Bonchev–Trinajstić information content (AvgIpc) is 3.25. The van der Waals surface area contributed by atoms with E-state index < -0.39 is 4.92 Å². The Morgan fingerprint density at radius 3 is 2.55 bits per heavy atom. The van der Waals surface area contributed by atoms with Crippen molar-refractivity contribution in [3.63, 3.8) is 0 Å². The van der Waals surface area contributed by atoms with E-state index in [2.05, 4.69) is 20.7 Å². The lowest BCUT2D eigenvalue weighted by atomic mass is 10.2. The first-order chi connectivity index (χ1) is 16.0. The second-order valence-corrected chi connectivity index (χ2v) is 7.49. The lowest BCUT2D eigenvalue weighted by Gasteiger charge is -2.10. The van der Waals surface area contributed by atoms with E-state index in [0.29, 0.717) is 34.6 Å². The van der Waals surface area contributed by atoms with Crippen LogP contribution < -0.4 is 14.9 Å². The first-order valence-corrected chi connectivity index (χ1v) is 10.8. The molecule has 1 N–H and O–H groups in total. The fourth-order valence-electron chi connectivity index (χ4n) is 2.89. The minimum Gasteiger partial charge on any atom is -0.493 e. The lowest BCUT2D eigenvalue weighted by Crippen LogP contribution is -2.20. The first kappa shape index (κ1) is 23.7. The molecule has 0 bridgehead atoms. The predicted octanol–water partition coefficient (Wildman–Crippen LogP) is 3.13. The fourth-order valence-corrected chi connectivity index (χ4v) is 3.69. The van der Waals surface area contributed by atoms with Gasteiger partial charge >= 0.3 is 0 Å². The number of thioether (sulfide) groups is 1. The Hall–Kier alpha value is -3.93. The first-order valence-electron chi connectivity index (χ1n) is 9.81. The summed E-state index contributed by atoms with van der Waals surface area (Å²) in [5.41, 5.74) is 3.85. The van der Waals surface area contributed by atoms with Gasteiger partial charge in [0.05, 0.1) is 31.1 Å². The standard InChI is InChI=1S/C21H22N6O5S/c1-4-26-20(15-7-10-17(31-2)18(11-15)32-3)24-25-21(26)33-13-19(28)23-22-12-14-5-8-16(9-6-14)27(29)30/h5-12H,4,13H2,1-3H3,(H,23,28). The number of methoxy groups -OCH3 is 2. The topological polar surface area (TPSA) is 134 Å². The minimum absolute atomic E-state index is 0.0138. The van der Waals surface area contributed by atoms with Crippen LogP contribution in [-0.2, 0) is 11.3 Å². The van der Waals surface area contributed by atoms with Gasteiger partial charge in [0.15, 0.2) is 22.5 Å². The van der Waals surface area contributed by atoms with Gasteiger partial charge in [-0.3, -0.25) is 14.9 Å². The van der Waals surface area contributed by atoms with Crippen LogP contribution in [0.4, 0.5) is 5.69 Å². The van der Waals surface area contributed by atoms with Crippen molar-refractivity contribution in [1.29, 1.82) is 0 Å². The third kappa shape index (κ3) is 5.86. The number of hydrogen-bond donors (Lipinski definition) is 1. The molecule has 12 heteroatoms. The Morgan fingerprint density at radius 1 is 1.18 bits per heavy atom. The molecule has 2 aromatic carbocycles. The number of nitrogens with one attached hydrogen (secondary N) is 1. The summed E-state index contributed by atoms with van der Waals surface area (Å²) in [6, 6.07) is 11.3. The number of carbonyl (C=O) groups is 1. The molecule has 0 saturated carbocycles. The highest BCUT2D eigenvalue weighted by atomic mass is 32.2. The minimum atomic E-state index is -0.481. The maximum Gasteiger partial charge on any atom is 0.269 e. The predicted molar refractivity (Wildman–Crippen MR) is 124 cm³/mol. The summed E-state index contributed by atoms with van der Waals surface area (Å²) >= 11 is 1.24. The average molecular weight is 471 g/mol. The molecule has 11 nitrogen and oxygen atoms in total. The van der Waals surface area contributed by atoms with Crippen molar-refractivity contribution in [3.8, 4) is 22.9 Å². The van der Waals surface area contributed by atoms with E-state index >= 15 is 0 Å². The van der Waals surface area contributed by atoms with Crippen molar-refractivity contribution in [2.24, 2.45) is 5.10 Å². The molecule has 3 aromatic rings. The van der Waals surface area contributed by atoms with Gasteiger partial charge < -0.3 is 14.0 Å². The number of carbonyl (C=O) groups excluding carboxylic acids is 1. The Morgan fingerprint density at radius 2 is 1.91 bits per heavy atom. The molecule has 33 heavy (non-hydrogen) atoms. The molecule has 3 rings (SSSR count). The van der Waals surface area contributed by atoms with Crippen LogP contribution >= 0.6 is 11.8 Å². The zero-order valence-corrected chi connectivity index (χ0v) is 19.0. The number of ether oxygens (including phenoxy) is 2. The molecule has 0 fully saturated rings. The number of nitro benzene ring substituents is 1. The van der Waals surface area contributed by atoms with Crippen molar-refractivity contribution >= 4 is 29.6 Å². The molecule has 172 valence electrons. The SMILES string of the molecule is CCn1c(SCC(=O)NN=Cc2ccc([N+](=O)[O-])cc2)nnc1-c1ccc(OC)c(OC)c1. The quantitative estimate of drug-likeness (QED) is 0.207. The van der Waals surface area contributed by atoms with Gasteiger partial charge in [0.25, 0.3) is 11.6 Å². The third-order valence-corrected chi connectivity index (χ3v) is 5.48. The Labute approximate surface area is 194 Å². The van der Waals surface area contributed by atoms with Crippen LogP contribution in [0, 0.1) is 10.1 Å². The van der Waals surface area contributed by atoms with Crippen LogP contribution in [0.15, 0.2) is 52.7 Å². The third-order valence-electron chi connectivity index (χ3n) is 4.51. The number of benzene rings is 2. The zero-order valence-electron chi connectivity index (χ0n) is 18.2. The van der Waals surface area contributed by atoms with E-state index in [4.69, 9.17) is 9.47 Å². The van der Waals surface area contributed by atoms with Crippen LogP contribution in [0.5, 0.6) is 11.5 Å². The smallest absolute Gasteiger partial charge is 0.269 e. The molecule has 1 heterocycles. The number of hydrazone groups is 1. The maximum absolute atomic E-state index is 12.2. The van der Waals surface area contributed by atoms with Crippen molar-refractivity contribution in [1.82, 2.24) is 20.2 Å². The van der Waals surface area contributed by atoms with E-state index in [9.17, 15) is 14.9 Å². The highest BCUT2D eigenvalue weighted by Gasteiger charge is 2.16. The van der Waals surface area contributed by atoms with Gasteiger partial charge in [-0.25, -0.2) is 5.43 Å². The Kier molecular flexibility index (Phi) is 7.97. The molecule has 0 radical (unpaired) electrons. The number of nitrogens with zero attached hydrogens (tertiary/aromatic N) is 5. The second kappa shape index (κ2) is 11.1. The summed E-state index contributed by atoms with van der Waals surface area (Å²) in [6.07, 6.45) is 1.41. The largest absolute Gasteiger partial charge is 0.493 e. The number of rotatable bonds is 10. The monoisotopic (exact) mass is 470 g/mol. The Balaban J connectivity index is 1.62. The van der Waals surface area contributed by atoms with E-state index in [1.165, 1.54) is 30.1 Å². The van der Waals surface area contributed by atoms with Crippen molar-refractivity contribution in [3.05, 3.63) is 58.1 Å². The summed E-state index contributed by atoms with van der Waals surface area (Å²) in [5, 5.41) is 23.6. The van der Waals surface area contributed by atoms with Crippen LogP contribution in [0.3, 0.4) is 0 Å². The number of hydrogen-bond acceptors (Lipinski definition) is 9. The molecule has 0 unspecified atom stereocenters. The van der Waals surface area contributed by atoms with Crippen molar-refractivity contribution in [2.45, 2.75) is 18.6 Å². The molecule has 0 atom stereocenters. The maximum atomic E-state index is 12.2. The molecule has 0 aliphatic rings. The van der Waals surface area contributed by atoms with Gasteiger partial charge in [-0.05, 0) is 42.8 Å². The summed E-state index contributed by atoms with van der Waals surface area (Å²) in [7, 11) is 3.14.